The number of aliphatic carboxylic acids is 1. The topological polar surface area (TPSA) is 63.6 Å². The van der Waals surface area contributed by atoms with Gasteiger partial charge in [0, 0.05) is 12.2 Å². The third-order valence-electron chi connectivity index (χ3n) is 3.60. The van der Waals surface area contributed by atoms with Crippen LogP contribution in [-0.2, 0) is 14.3 Å². The van der Waals surface area contributed by atoms with Crippen LogP contribution in [0, 0.1) is 0 Å². The van der Waals surface area contributed by atoms with Crippen LogP contribution >= 0.6 is 0 Å². The molecule has 0 aliphatic carbocycles. The number of ether oxygens (including phenoxy) is 1. The van der Waals surface area contributed by atoms with Gasteiger partial charge in [-0.25, -0.2) is 9.59 Å². The number of rotatable bonds is 15. The Bertz CT molecular complexity index is 322. The van der Waals surface area contributed by atoms with Gasteiger partial charge in [-0.1, -0.05) is 77.6 Å². The smallest absolute Gasteiger partial charge is 1.00 e. The summed E-state index contributed by atoms with van der Waals surface area (Å²) in [6.07, 6.45) is 16.9. The molecule has 0 aromatic rings. The molecule has 0 aliphatic rings. The minimum absolute atomic E-state index is 0. The molecular formula is C18H33NaO4. The second-order valence-corrected chi connectivity index (χ2v) is 5.73. The van der Waals surface area contributed by atoms with Gasteiger partial charge in [0.1, 0.15) is 0 Å². The third kappa shape index (κ3) is 21.7. The number of hydrogen-bond donors (Lipinski definition) is 1. The maximum Gasteiger partial charge on any atom is 1.00 e. The van der Waals surface area contributed by atoms with Crippen molar-refractivity contribution in [1.82, 2.24) is 0 Å². The van der Waals surface area contributed by atoms with Crippen molar-refractivity contribution in [3.05, 3.63) is 12.2 Å². The monoisotopic (exact) mass is 336 g/mol. The molecule has 0 rings (SSSR count). The predicted octanol–water partition coefficient (Wildman–Crippen LogP) is 1.99. The van der Waals surface area contributed by atoms with Crippen LogP contribution in [-0.4, -0.2) is 23.7 Å². The van der Waals surface area contributed by atoms with Gasteiger partial charge in [-0.05, 0) is 6.42 Å². The maximum absolute atomic E-state index is 11.1. The summed E-state index contributed by atoms with van der Waals surface area (Å²) >= 11 is 0. The predicted molar refractivity (Wildman–Crippen MR) is 89.9 cm³/mol. The molecule has 0 aromatic heterocycles. The first kappa shape index (κ1) is 24.9. The zero-order valence-corrected chi connectivity index (χ0v) is 17.0. The van der Waals surface area contributed by atoms with E-state index in [9.17, 15) is 9.59 Å². The van der Waals surface area contributed by atoms with E-state index in [2.05, 4.69) is 6.92 Å². The Kier molecular flexibility index (Phi) is 21.4. The van der Waals surface area contributed by atoms with Crippen molar-refractivity contribution in [1.29, 1.82) is 0 Å². The van der Waals surface area contributed by atoms with Gasteiger partial charge < -0.3 is 11.3 Å². The molecule has 0 radical (unpaired) electrons. The van der Waals surface area contributed by atoms with Gasteiger partial charge in [0.15, 0.2) is 0 Å². The standard InChI is InChI=1S/C18H32O4.Na.H/c1-2-3-4-5-6-7-8-9-10-11-12-13-16-22-18(21)15-14-17(19)20;;/h14-15H,2-13,16H2,1H3,(H,19,20);;/q;+1;-1/b15-14+;;. The molecule has 0 heterocycles. The van der Waals surface area contributed by atoms with E-state index in [1.165, 1.54) is 64.2 Å². The van der Waals surface area contributed by atoms with Crippen LogP contribution in [0.3, 0.4) is 0 Å². The number of unbranched alkanes of at least 4 members (excludes halogenated alkanes) is 11. The number of carbonyl (C=O) groups excluding carboxylic acids is 1. The average molecular weight is 336 g/mol. The fourth-order valence-electron chi connectivity index (χ4n) is 2.30. The van der Waals surface area contributed by atoms with E-state index in [0.29, 0.717) is 6.61 Å². The van der Waals surface area contributed by atoms with Crippen LogP contribution in [0.2, 0.25) is 0 Å². The number of carboxylic acids is 1. The van der Waals surface area contributed by atoms with Gasteiger partial charge in [0.25, 0.3) is 0 Å². The van der Waals surface area contributed by atoms with Crippen LogP contribution in [0.25, 0.3) is 0 Å². The van der Waals surface area contributed by atoms with Crippen molar-refractivity contribution in [2.45, 2.75) is 84.0 Å². The van der Waals surface area contributed by atoms with Crippen molar-refractivity contribution in [3.8, 4) is 0 Å². The van der Waals surface area contributed by atoms with Crippen molar-refractivity contribution >= 4 is 11.9 Å². The van der Waals surface area contributed by atoms with E-state index in [1.54, 1.807) is 0 Å². The van der Waals surface area contributed by atoms with Gasteiger partial charge >= 0.3 is 41.5 Å². The van der Waals surface area contributed by atoms with E-state index in [4.69, 9.17) is 9.84 Å². The first-order valence-electron chi connectivity index (χ1n) is 8.74. The van der Waals surface area contributed by atoms with Crippen molar-refractivity contribution in [3.63, 3.8) is 0 Å². The molecule has 0 saturated carbocycles. The molecule has 4 nitrogen and oxygen atoms in total. The summed E-state index contributed by atoms with van der Waals surface area (Å²) in [4.78, 5) is 21.3. The molecule has 0 aliphatic heterocycles. The molecule has 1 N–H and O–H groups in total. The van der Waals surface area contributed by atoms with Gasteiger partial charge in [-0.3, -0.25) is 0 Å². The summed E-state index contributed by atoms with van der Waals surface area (Å²) in [5.41, 5.74) is 0. The van der Waals surface area contributed by atoms with Crippen LogP contribution in [0.15, 0.2) is 12.2 Å². The van der Waals surface area contributed by atoms with Gasteiger partial charge in [0.05, 0.1) is 6.61 Å². The molecular weight excluding hydrogens is 303 g/mol. The van der Waals surface area contributed by atoms with Gasteiger partial charge in [-0.2, -0.15) is 0 Å². The zero-order chi connectivity index (χ0) is 16.5. The molecule has 0 fully saturated rings. The fourth-order valence-corrected chi connectivity index (χ4v) is 2.30. The number of hydrogen-bond acceptors (Lipinski definition) is 3. The van der Waals surface area contributed by atoms with Crippen LogP contribution in [0.5, 0.6) is 0 Å². The Balaban J connectivity index is -0.00000220. The van der Waals surface area contributed by atoms with Crippen molar-refractivity contribution in [2.75, 3.05) is 6.61 Å². The van der Waals surface area contributed by atoms with Crippen molar-refractivity contribution < 1.29 is 50.4 Å². The summed E-state index contributed by atoms with van der Waals surface area (Å²) in [5, 5.41) is 8.35. The summed E-state index contributed by atoms with van der Waals surface area (Å²) < 4.78 is 4.90. The van der Waals surface area contributed by atoms with E-state index in [-0.39, 0.29) is 31.0 Å². The Morgan fingerprint density at radius 3 is 1.70 bits per heavy atom. The van der Waals surface area contributed by atoms with E-state index in [0.717, 1.165) is 25.0 Å². The summed E-state index contributed by atoms with van der Waals surface area (Å²) in [6, 6.07) is 0. The number of carboxylic acid groups (broad SMARTS) is 1. The quantitative estimate of drug-likeness (QED) is 0.215. The molecule has 0 aromatic carbocycles. The zero-order valence-electron chi connectivity index (χ0n) is 16.0. The molecule has 0 spiro atoms. The van der Waals surface area contributed by atoms with E-state index >= 15 is 0 Å². The van der Waals surface area contributed by atoms with Gasteiger partial charge in [0.2, 0.25) is 0 Å². The minimum atomic E-state index is -1.14. The van der Waals surface area contributed by atoms with Crippen LogP contribution < -0.4 is 29.6 Å². The van der Waals surface area contributed by atoms with Crippen LogP contribution in [0.4, 0.5) is 0 Å². The molecule has 23 heavy (non-hydrogen) atoms. The molecule has 0 unspecified atom stereocenters. The normalized spacial score (nSPS) is 10.5. The third-order valence-corrected chi connectivity index (χ3v) is 3.60. The second kappa shape index (κ2) is 19.7. The Morgan fingerprint density at radius 2 is 1.26 bits per heavy atom. The largest absolute Gasteiger partial charge is 1.00 e. The summed E-state index contributed by atoms with van der Waals surface area (Å²) in [7, 11) is 0. The Morgan fingerprint density at radius 1 is 0.826 bits per heavy atom. The average Bonchev–Trinajstić information content (AvgIpc) is 2.49. The van der Waals surface area contributed by atoms with E-state index in [1.807, 2.05) is 0 Å². The minimum Gasteiger partial charge on any atom is -1.00 e. The summed E-state index contributed by atoms with van der Waals surface area (Å²) in [5.74, 6) is -1.72. The number of esters is 1. The maximum atomic E-state index is 11.1. The summed E-state index contributed by atoms with van der Waals surface area (Å²) in [6.45, 7) is 2.62. The van der Waals surface area contributed by atoms with Crippen molar-refractivity contribution in [2.24, 2.45) is 0 Å². The molecule has 0 bridgehead atoms. The fraction of sp³-hybridized carbons (Fsp3) is 0.778. The second-order valence-electron chi connectivity index (χ2n) is 5.73. The molecule has 0 amide bonds. The number of carbonyl (C=O) groups is 2. The molecule has 130 valence electrons. The van der Waals surface area contributed by atoms with Gasteiger partial charge in [-0.15, -0.1) is 0 Å². The SMILES string of the molecule is CCCCCCCCCCCCCCOC(=O)/C=C/C(=O)O.[H-].[Na+]. The van der Waals surface area contributed by atoms with E-state index < -0.39 is 11.9 Å². The molecule has 0 atom stereocenters. The first-order chi connectivity index (χ1) is 10.7. The molecule has 0 saturated heterocycles. The first-order valence-corrected chi connectivity index (χ1v) is 8.74. The Labute approximate surface area is 164 Å². The van der Waals surface area contributed by atoms with Crippen LogP contribution in [0.1, 0.15) is 85.4 Å². The Hall–Kier alpha value is -0.320. The molecule has 5 heteroatoms.